The Morgan fingerprint density at radius 3 is 2.88 bits per heavy atom. The summed E-state index contributed by atoms with van der Waals surface area (Å²) in [7, 11) is 0. The number of phenolic OH excluding ortho intramolecular Hbond substituents is 1. The second kappa shape index (κ2) is 5.23. The number of rotatable bonds is 2. The van der Waals surface area contributed by atoms with Crippen LogP contribution in [-0.2, 0) is 0 Å². The Bertz CT molecular complexity index is 457. The van der Waals surface area contributed by atoms with Crippen LogP contribution in [0.2, 0.25) is 5.02 Å². The van der Waals surface area contributed by atoms with Crippen molar-refractivity contribution in [3.63, 3.8) is 0 Å². The maximum atomic E-state index is 11.9. The molecule has 0 aliphatic heterocycles. The predicted octanol–water partition coefficient (Wildman–Crippen LogP) is 2.88. The lowest BCUT2D eigenvalue weighted by molar-refractivity contribution is 0.0932. The molecule has 1 atom stereocenters. The average molecular weight is 252 g/mol. The molecule has 90 valence electrons. The van der Waals surface area contributed by atoms with Crippen molar-refractivity contribution in [3.8, 4) is 5.75 Å². The van der Waals surface area contributed by atoms with E-state index in [0.29, 0.717) is 5.02 Å². The Hall–Kier alpha value is -1.48. The van der Waals surface area contributed by atoms with Crippen molar-refractivity contribution in [1.82, 2.24) is 5.32 Å². The van der Waals surface area contributed by atoms with Gasteiger partial charge >= 0.3 is 0 Å². The SMILES string of the molecule is O=C(NC1CC=CCC1)c1ccc(Cl)cc1O. The molecule has 1 aromatic rings. The number of hydrogen-bond acceptors (Lipinski definition) is 2. The summed E-state index contributed by atoms with van der Waals surface area (Å²) >= 11 is 5.71. The molecule has 1 amide bonds. The maximum absolute atomic E-state index is 11.9. The lowest BCUT2D eigenvalue weighted by Crippen LogP contribution is -2.35. The molecular weight excluding hydrogens is 238 g/mol. The normalized spacial score (nSPS) is 19.0. The second-order valence-corrected chi connectivity index (χ2v) is 4.55. The smallest absolute Gasteiger partial charge is 0.255 e. The number of carbonyl (C=O) groups excluding carboxylic acids is 1. The molecule has 1 aliphatic rings. The van der Waals surface area contributed by atoms with Gasteiger partial charge in [-0.3, -0.25) is 4.79 Å². The van der Waals surface area contributed by atoms with Crippen molar-refractivity contribution in [3.05, 3.63) is 40.9 Å². The molecule has 1 aliphatic carbocycles. The van der Waals surface area contributed by atoms with Crippen molar-refractivity contribution in [2.24, 2.45) is 0 Å². The summed E-state index contributed by atoms with van der Waals surface area (Å²) in [6.45, 7) is 0. The summed E-state index contributed by atoms with van der Waals surface area (Å²) in [5.41, 5.74) is 0.268. The Morgan fingerprint density at radius 1 is 1.41 bits per heavy atom. The minimum absolute atomic E-state index is 0.0821. The van der Waals surface area contributed by atoms with Crippen molar-refractivity contribution in [2.75, 3.05) is 0 Å². The summed E-state index contributed by atoms with van der Waals surface area (Å²) < 4.78 is 0. The van der Waals surface area contributed by atoms with Crippen LogP contribution in [0.1, 0.15) is 29.6 Å². The van der Waals surface area contributed by atoms with E-state index >= 15 is 0 Å². The van der Waals surface area contributed by atoms with Crippen LogP contribution in [-0.4, -0.2) is 17.1 Å². The van der Waals surface area contributed by atoms with Gasteiger partial charge in [-0.05, 0) is 37.5 Å². The van der Waals surface area contributed by atoms with Crippen molar-refractivity contribution in [2.45, 2.75) is 25.3 Å². The van der Waals surface area contributed by atoms with Crippen molar-refractivity contribution >= 4 is 17.5 Å². The number of aromatic hydroxyl groups is 1. The van der Waals surface area contributed by atoms with Crippen LogP contribution in [0.4, 0.5) is 0 Å². The Morgan fingerprint density at radius 2 is 2.24 bits per heavy atom. The molecule has 0 heterocycles. The molecule has 0 fully saturated rings. The lowest BCUT2D eigenvalue weighted by atomic mass is 10.0. The minimum atomic E-state index is -0.250. The second-order valence-electron chi connectivity index (χ2n) is 4.12. The van der Waals surface area contributed by atoms with Gasteiger partial charge in [-0.2, -0.15) is 0 Å². The molecular formula is C13H14ClNO2. The highest BCUT2D eigenvalue weighted by Crippen LogP contribution is 2.22. The third kappa shape index (κ3) is 3.01. The first-order valence-electron chi connectivity index (χ1n) is 5.61. The zero-order valence-electron chi connectivity index (χ0n) is 9.32. The average Bonchev–Trinajstić information content (AvgIpc) is 2.30. The molecule has 1 unspecified atom stereocenters. The first-order chi connectivity index (χ1) is 8.16. The van der Waals surface area contributed by atoms with Crippen LogP contribution >= 0.6 is 11.6 Å². The summed E-state index contributed by atoms with van der Waals surface area (Å²) in [6.07, 6.45) is 6.95. The third-order valence-electron chi connectivity index (χ3n) is 2.81. The van der Waals surface area contributed by atoms with E-state index < -0.39 is 0 Å². The lowest BCUT2D eigenvalue weighted by Gasteiger charge is -2.19. The van der Waals surface area contributed by atoms with E-state index in [0.717, 1.165) is 19.3 Å². The fraction of sp³-hybridized carbons (Fsp3) is 0.308. The van der Waals surface area contributed by atoms with Crippen LogP contribution in [0.25, 0.3) is 0 Å². The van der Waals surface area contributed by atoms with Gasteiger partial charge in [0.2, 0.25) is 0 Å². The van der Waals surface area contributed by atoms with E-state index in [1.54, 1.807) is 6.07 Å². The number of amides is 1. The number of nitrogens with one attached hydrogen (secondary N) is 1. The molecule has 0 radical (unpaired) electrons. The number of carbonyl (C=O) groups is 1. The van der Waals surface area contributed by atoms with E-state index in [-0.39, 0.29) is 23.3 Å². The number of allylic oxidation sites excluding steroid dienone is 1. The van der Waals surface area contributed by atoms with Gasteiger partial charge in [0, 0.05) is 11.1 Å². The zero-order chi connectivity index (χ0) is 12.3. The molecule has 0 spiro atoms. The topological polar surface area (TPSA) is 49.3 Å². The highest BCUT2D eigenvalue weighted by molar-refractivity contribution is 6.30. The fourth-order valence-electron chi connectivity index (χ4n) is 1.88. The number of benzene rings is 1. The third-order valence-corrected chi connectivity index (χ3v) is 3.04. The van der Waals surface area contributed by atoms with E-state index in [1.165, 1.54) is 12.1 Å². The van der Waals surface area contributed by atoms with Gasteiger partial charge < -0.3 is 10.4 Å². The van der Waals surface area contributed by atoms with Crippen LogP contribution in [0.15, 0.2) is 30.4 Å². The van der Waals surface area contributed by atoms with E-state index in [4.69, 9.17) is 11.6 Å². The fourth-order valence-corrected chi connectivity index (χ4v) is 2.05. The summed E-state index contributed by atoms with van der Waals surface area (Å²) in [4.78, 5) is 11.9. The standard InChI is InChI=1S/C13H14ClNO2/c14-9-6-7-11(12(16)8-9)13(17)15-10-4-2-1-3-5-10/h1-2,6-8,10,16H,3-5H2,(H,15,17). The Kier molecular flexibility index (Phi) is 3.69. The van der Waals surface area contributed by atoms with Gasteiger partial charge in [0.1, 0.15) is 5.75 Å². The highest BCUT2D eigenvalue weighted by atomic mass is 35.5. The van der Waals surface area contributed by atoms with Gasteiger partial charge in [0.05, 0.1) is 5.56 Å². The molecule has 1 aromatic carbocycles. The number of hydrogen-bond donors (Lipinski definition) is 2. The minimum Gasteiger partial charge on any atom is -0.507 e. The van der Waals surface area contributed by atoms with Crippen LogP contribution < -0.4 is 5.32 Å². The molecule has 2 N–H and O–H groups in total. The van der Waals surface area contributed by atoms with Crippen LogP contribution in [0.5, 0.6) is 5.75 Å². The maximum Gasteiger partial charge on any atom is 0.255 e. The molecule has 4 heteroatoms. The van der Waals surface area contributed by atoms with E-state index in [9.17, 15) is 9.90 Å². The van der Waals surface area contributed by atoms with E-state index in [1.807, 2.05) is 0 Å². The zero-order valence-corrected chi connectivity index (χ0v) is 10.1. The monoisotopic (exact) mass is 251 g/mol. The van der Waals surface area contributed by atoms with Gasteiger partial charge in [-0.15, -0.1) is 0 Å². The van der Waals surface area contributed by atoms with Crippen molar-refractivity contribution < 1.29 is 9.90 Å². The molecule has 2 rings (SSSR count). The molecule has 0 saturated carbocycles. The quantitative estimate of drug-likeness (QED) is 0.794. The highest BCUT2D eigenvalue weighted by Gasteiger charge is 2.16. The summed E-state index contributed by atoms with van der Waals surface area (Å²) in [5.74, 6) is -0.333. The molecule has 17 heavy (non-hydrogen) atoms. The van der Waals surface area contributed by atoms with E-state index in [2.05, 4.69) is 17.5 Å². The Balaban J connectivity index is 2.06. The van der Waals surface area contributed by atoms with Gasteiger partial charge in [-0.25, -0.2) is 0 Å². The van der Waals surface area contributed by atoms with Crippen molar-refractivity contribution in [1.29, 1.82) is 0 Å². The van der Waals surface area contributed by atoms with Crippen LogP contribution in [0, 0.1) is 0 Å². The Labute approximate surface area is 105 Å². The van der Waals surface area contributed by atoms with Gasteiger partial charge in [0.25, 0.3) is 5.91 Å². The first kappa shape index (κ1) is 12.0. The molecule has 3 nitrogen and oxygen atoms in total. The molecule has 0 aromatic heterocycles. The number of phenols is 1. The largest absolute Gasteiger partial charge is 0.507 e. The van der Waals surface area contributed by atoms with Gasteiger partial charge in [-0.1, -0.05) is 23.8 Å². The number of halogens is 1. The molecule has 0 saturated heterocycles. The summed E-state index contributed by atoms with van der Waals surface area (Å²) in [6, 6.07) is 4.66. The van der Waals surface area contributed by atoms with Gasteiger partial charge in [0.15, 0.2) is 0 Å². The van der Waals surface area contributed by atoms with Crippen LogP contribution in [0.3, 0.4) is 0 Å². The first-order valence-corrected chi connectivity index (χ1v) is 5.99. The molecule has 0 bridgehead atoms. The summed E-state index contributed by atoms with van der Waals surface area (Å²) in [5, 5.41) is 13.0. The predicted molar refractivity (Wildman–Crippen MR) is 67.4 cm³/mol.